The quantitative estimate of drug-likeness (QED) is 0.685. The van der Waals surface area contributed by atoms with Crippen LogP contribution in [0.1, 0.15) is 5.56 Å². The van der Waals surface area contributed by atoms with Crippen molar-refractivity contribution in [3.63, 3.8) is 0 Å². The Balaban J connectivity index is 1.71. The normalized spacial score (nSPS) is 10.9. The number of nitrogens with one attached hydrogen (secondary N) is 1. The lowest BCUT2D eigenvalue weighted by Gasteiger charge is -1.99. The Bertz CT molecular complexity index is 892. The Morgan fingerprint density at radius 1 is 1.08 bits per heavy atom. The van der Waals surface area contributed by atoms with Crippen LogP contribution in [-0.4, -0.2) is 16.1 Å². The van der Waals surface area contributed by atoms with Crippen molar-refractivity contribution in [3.8, 4) is 11.5 Å². The minimum absolute atomic E-state index is 0.0243. The minimum atomic E-state index is -0.383. The number of carbonyl (C=O) groups excluding carboxylic acids is 1. The molecule has 1 N–H and O–H groups in total. The number of rotatable bonds is 4. The summed E-state index contributed by atoms with van der Waals surface area (Å²) in [6.07, 6.45) is 3.06. The molecule has 0 saturated heterocycles. The van der Waals surface area contributed by atoms with Crippen LogP contribution in [0.2, 0.25) is 10.0 Å². The van der Waals surface area contributed by atoms with E-state index in [2.05, 4.69) is 15.5 Å². The molecule has 7 heteroatoms. The summed E-state index contributed by atoms with van der Waals surface area (Å²) in [6.45, 7) is 0. The molecule has 0 aliphatic heterocycles. The highest BCUT2D eigenvalue weighted by atomic mass is 35.5. The van der Waals surface area contributed by atoms with E-state index in [0.29, 0.717) is 15.6 Å². The molecule has 0 unspecified atom stereocenters. The van der Waals surface area contributed by atoms with Crippen LogP contribution in [0.5, 0.6) is 0 Å². The predicted octanol–water partition coefficient (Wildman–Crippen LogP) is 4.70. The molecule has 0 saturated carbocycles. The van der Waals surface area contributed by atoms with Crippen molar-refractivity contribution >= 4 is 41.2 Å². The molecular weight excluding hydrogens is 349 g/mol. The number of halogens is 2. The number of aromatic nitrogens is 2. The summed E-state index contributed by atoms with van der Waals surface area (Å²) < 4.78 is 5.40. The fourth-order valence-electron chi connectivity index (χ4n) is 1.93. The molecule has 0 radical (unpaired) electrons. The summed E-state index contributed by atoms with van der Waals surface area (Å²) in [5.74, 6) is -0.212. The van der Waals surface area contributed by atoms with Crippen molar-refractivity contribution in [2.45, 2.75) is 0 Å². The number of hydrogen-bond acceptors (Lipinski definition) is 4. The van der Waals surface area contributed by atoms with E-state index in [1.165, 1.54) is 6.08 Å². The molecule has 1 aromatic heterocycles. The summed E-state index contributed by atoms with van der Waals surface area (Å²) in [5, 5.41) is 11.0. The summed E-state index contributed by atoms with van der Waals surface area (Å²) >= 11 is 12.0. The predicted molar refractivity (Wildman–Crippen MR) is 93.9 cm³/mol. The largest absolute Gasteiger partial charge is 0.403 e. The Morgan fingerprint density at radius 3 is 2.67 bits per heavy atom. The third-order valence-corrected chi connectivity index (χ3v) is 3.61. The molecule has 0 fully saturated rings. The maximum atomic E-state index is 11.9. The zero-order valence-electron chi connectivity index (χ0n) is 12.2. The first-order chi connectivity index (χ1) is 11.6. The van der Waals surface area contributed by atoms with E-state index in [1.54, 1.807) is 24.3 Å². The molecule has 3 rings (SSSR count). The number of nitrogens with zero attached hydrogens (tertiary/aromatic N) is 2. The minimum Gasteiger partial charge on any atom is -0.403 e. The molecule has 3 aromatic rings. The van der Waals surface area contributed by atoms with Crippen molar-refractivity contribution in [2.75, 3.05) is 5.32 Å². The lowest BCUT2D eigenvalue weighted by Crippen LogP contribution is -2.07. The Morgan fingerprint density at radius 2 is 1.88 bits per heavy atom. The van der Waals surface area contributed by atoms with Crippen LogP contribution >= 0.6 is 23.2 Å². The molecule has 0 bridgehead atoms. The van der Waals surface area contributed by atoms with Gasteiger partial charge in [0.05, 0.1) is 10.6 Å². The van der Waals surface area contributed by atoms with E-state index in [9.17, 15) is 4.79 Å². The smallest absolute Gasteiger partial charge is 0.322 e. The van der Waals surface area contributed by atoms with Crippen LogP contribution < -0.4 is 5.32 Å². The van der Waals surface area contributed by atoms with Gasteiger partial charge in [-0.1, -0.05) is 58.6 Å². The van der Waals surface area contributed by atoms with E-state index in [1.807, 2.05) is 30.3 Å². The first-order valence-corrected chi connectivity index (χ1v) is 7.70. The van der Waals surface area contributed by atoms with Crippen LogP contribution in [0, 0.1) is 0 Å². The Labute approximate surface area is 147 Å². The van der Waals surface area contributed by atoms with Crippen molar-refractivity contribution in [1.82, 2.24) is 10.2 Å². The van der Waals surface area contributed by atoms with Gasteiger partial charge >= 0.3 is 6.01 Å². The van der Waals surface area contributed by atoms with Crippen LogP contribution in [0.3, 0.4) is 0 Å². The van der Waals surface area contributed by atoms with Gasteiger partial charge < -0.3 is 4.42 Å². The second-order valence-electron chi connectivity index (χ2n) is 4.77. The van der Waals surface area contributed by atoms with Crippen LogP contribution in [0.15, 0.2) is 59.0 Å². The summed E-state index contributed by atoms with van der Waals surface area (Å²) in [7, 11) is 0. The maximum Gasteiger partial charge on any atom is 0.322 e. The molecule has 0 spiro atoms. The SMILES string of the molecule is O=C(C=Cc1ccccc1)Nc1nnc(-c2cc(Cl)ccc2Cl)o1. The van der Waals surface area contributed by atoms with Crippen LogP contribution in [0.4, 0.5) is 6.01 Å². The standard InChI is InChI=1S/C17H11Cl2N3O2/c18-12-7-8-14(19)13(10-12)16-21-22-17(24-16)20-15(23)9-6-11-4-2-1-3-5-11/h1-10H,(H,20,22,23). The van der Waals surface area contributed by atoms with Gasteiger partial charge in [-0.15, -0.1) is 5.10 Å². The van der Waals surface area contributed by atoms with Gasteiger partial charge in [-0.05, 0) is 29.8 Å². The van der Waals surface area contributed by atoms with Crippen LogP contribution in [0.25, 0.3) is 17.5 Å². The van der Waals surface area contributed by atoms with Crippen molar-refractivity contribution in [1.29, 1.82) is 0 Å². The summed E-state index contributed by atoms with van der Waals surface area (Å²) in [4.78, 5) is 11.9. The number of anilines is 1. The lowest BCUT2D eigenvalue weighted by molar-refractivity contribution is -0.112. The molecule has 120 valence electrons. The average Bonchev–Trinajstić information content (AvgIpc) is 3.04. The van der Waals surface area contributed by atoms with Crippen LogP contribution in [-0.2, 0) is 4.79 Å². The van der Waals surface area contributed by atoms with Gasteiger partial charge in [-0.2, -0.15) is 0 Å². The summed E-state index contributed by atoms with van der Waals surface area (Å²) in [5.41, 5.74) is 1.40. The zero-order chi connectivity index (χ0) is 16.9. The number of carbonyl (C=O) groups is 1. The molecule has 0 aliphatic rings. The second kappa shape index (κ2) is 7.29. The monoisotopic (exact) mass is 359 g/mol. The zero-order valence-corrected chi connectivity index (χ0v) is 13.8. The molecule has 2 aromatic carbocycles. The van der Waals surface area contributed by atoms with Crippen molar-refractivity contribution in [2.24, 2.45) is 0 Å². The van der Waals surface area contributed by atoms with E-state index in [0.717, 1.165) is 5.56 Å². The fraction of sp³-hybridized carbons (Fsp3) is 0. The topological polar surface area (TPSA) is 68.0 Å². The van der Waals surface area contributed by atoms with Crippen molar-refractivity contribution < 1.29 is 9.21 Å². The van der Waals surface area contributed by atoms with E-state index in [4.69, 9.17) is 27.6 Å². The van der Waals surface area contributed by atoms with Gasteiger partial charge in [0.1, 0.15) is 0 Å². The molecule has 1 heterocycles. The second-order valence-corrected chi connectivity index (χ2v) is 5.61. The molecule has 0 aliphatic carbocycles. The Kier molecular flexibility index (Phi) is 4.93. The number of benzene rings is 2. The molecule has 24 heavy (non-hydrogen) atoms. The van der Waals surface area contributed by atoms with Gasteiger partial charge in [0.2, 0.25) is 0 Å². The summed E-state index contributed by atoms with van der Waals surface area (Å²) in [6, 6.07) is 14.3. The molecule has 5 nitrogen and oxygen atoms in total. The highest BCUT2D eigenvalue weighted by molar-refractivity contribution is 6.35. The number of amides is 1. The van der Waals surface area contributed by atoms with Gasteiger partial charge in [0.25, 0.3) is 11.8 Å². The number of hydrogen-bond donors (Lipinski definition) is 1. The molecular formula is C17H11Cl2N3O2. The first kappa shape index (κ1) is 16.2. The lowest BCUT2D eigenvalue weighted by atomic mass is 10.2. The highest BCUT2D eigenvalue weighted by Crippen LogP contribution is 2.30. The molecule has 0 atom stereocenters. The Hall–Kier alpha value is -2.63. The third kappa shape index (κ3) is 4.01. The third-order valence-electron chi connectivity index (χ3n) is 3.04. The maximum absolute atomic E-state index is 11.9. The molecule has 1 amide bonds. The van der Waals surface area contributed by atoms with Gasteiger partial charge in [-0.25, -0.2) is 0 Å². The van der Waals surface area contributed by atoms with E-state index >= 15 is 0 Å². The van der Waals surface area contributed by atoms with Crippen molar-refractivity contribution in [3.05, 3.63) is 70.2 Å². The first-order valence-electron chi connectivity index (χ1n) is 6.95. The van der Waals surface area contributed by atoms with E-state index in [-0.39, 0.29) is 17.8 Å². The van der Waals surface area contributed by atoms with Gasteiger partial charge in [0.15, 0.2) is 0 Å². The fourth-order valence-corrected chi connectivity index (χ4v) is 2.30. The highest BCUT2D eigenvalue weighted by Gasteiger charge is 2.13. The van der Waals surface area contributed by atoms with Gasteiger partial charge in [-0.3, -0.25) is 10.1 Å². The van der Waals surface area contributed by atoms with Gasteiger partial charge in [0, 0.05) is 11.1 Å². The average molecular weight is 360 g/mol. The van der Waals surface area contributed by atoms with E-state index < -0.39 is 0 Å².